The molecule has 0 amide bonds. The highest BCUT2D eigenvalue weighted by Gasteiger charge is 2.48. The second-order valence-electron chi connectivity index (χ2n) is 5.11. The van der Waals surface area contributed by atoms with Crippen LogP contribution in [0.1, 0.15) is 36.0 Å². The number of nitrogens with zero attached hydrogens (tertiary/aromatic N) is 1. The molecule has 1 aliphatic heterocycles. The smallest absolute Gasteiger partial charge is 0.111 e. The van der Waals surface area contributed by atoms with Crippen LogP contribution in [0, 0.1) is 13.8 Å². The highest BCUT2D eigenvalue weighted by Crippen LogP contribution is 2.51. The van der Waals surface area contributed by atoms with Crippen LogP contribution in [0.2, 0.25) is 0 Å². The normalized spacial score (nSPS) is 23.1. The third kappa shape index (κ3) is 1.05. The van der Waals surface area contributed by atoms with Gasteiger partial charge in [-0.15, -0.1) is 0 Å². The summed E-state index contributed by atoms with van der Waals surface area (Å²) >= 11 is 0. The number of hydrogen-bond acceptors (Lipinski definition) is 1. The van der Waals surface area contributed by atoms with E-state index in [0.717, 1.165) is 0 Å². The molecule has 0 atom stereocenters. The molecule has 1 N–H and O–H groups in total. The van der Waals surface area contributed by atoms with Crippen LogP contribution in [0.5, 0.6) is 0 Å². The van der Waals surface area contributed by atoms with Gasteiger partial charge in [0.15, 0.2) is 0 Å². The van der Waals surface area contributed by atoms with Crippen molar-refractivity contribution in [1.82, 2.24) is 0 Å². The van der Waals surface area contributed by atoms with Gasteiger partial charge in [-0.05, 0) is 49.4 Å². The van der Waals surface area contributed by atoms with Gasteiger partial charge >= 0.3 is 0 Å². The molecule has 0 bridgehead atoms. The van der Waals surface area contributed by atoms with Gasteiger partial charge in [-0.25, -0.2) is 0 Å². The van der Waals surface area contributed by atoms with Crippen molar-refractivity contribution in [1.29, 1.82) is 0 Å². The summed E-state index contributed by atoms with van der Waals surface area (Å²) in [5, 5.41) is 3.49. The lowest BCUT2D eigenvalue weighted by molar-refractivity contribution is 0.347. The number of rotatable bonds is 0. The largest absolute Gasteiger partial charge is 0.343 e. The highest BCUT2D eigenvalue weighted by molar-refractivity contribution is 6.10. The molecule has 2 nitrogen and oxygen atoms in total. The van der Waals surface area contributed by atoms with Crippen LogP contribution in [0.4, 0.5) is 5.69 Å². The minimum atomic E-state index is 0.239. The van der Waals surface area contributed by atoms with Gasteiger partial charge in [-0.2, -0.15) is 0 Å². The molecule has 0 aromatic heterocycles. The summed E-state index contributed by atoms with van der Waals surface area (Å²) in [6, 6.07) is 4.62. The molecule has 1 spiro atoms. The minimum Gasteiger partial charge on any atom is -0.343 e. The minimum absolute atomic E-state index is 0.239. The second kappa shape index (κ2) is 3.09. The van der Waals surface area contributed by atoms with Crippen LogP contribution in [0.15, 0.2) is 17.1 Å². The van der Waals surface area contributed by atoms with Crippen LogP contribution in [-0.2, 0) is 5.41 Å². The Bertz CT molecular complexity index is 482. The average molecular weight is 214 g/mol. The first-order valence-corrected chi connectivity index (χ1v) is 6.03. The zero-order chi connectivity index (χ0) is 11.3. The van der Waals surface area contributed by atoms with Gasteiger partial charge in [0.2, 0.25) is 0 Å². The maximum Gasteiger partial charge on any atom is 0.111 e. The fourth-order valence-electron chi connectivity index (χ4n) is 3.00. The molecule has 16 heavy (non-hydrogen) atoms. The van der Waals surface area contributed by atoms with Crippen molar-refractivity contribution in [2.45, 2.75) is 38.5 Å². The summed E-state index contributed by atoms with van der Waals surface area (Å²) in [6.45, 7) is 4.37. The van der Waals surface area contributed by atoms with E-state index in [0.29, 0.717) is 0 Å². The molecular formula is C14H18N2. The fourth-order valence-corrected chi connectivity index (χ4v) is 3.00. The Labute approximate surface area is 96.8 Å². The van der Waals surface area contributed by atoms with Crippen LogP contribution < -0.4 is 5.32 Å². The molecule has 1 aliphatic carbocycles. The van der Waals surface area contributed by atoms with Gasteiger partial charge in [-0.3, -0.25) is 4.99 Å². The van der Waals surface area contributed by atoms with Crippen molar-refractivity contribution in [2.24, 2.45) is 4.99 Å². The standard InChI is InChI=1S/C14H18N2/c1-9-7-11-12(8-10(9)2)16-13(15-3)14(11)5-4-6-14/h7-8H,4-6H2,1-3H3,(H,15,16). The number of benzene rings is 1. The second-order valence-corrected chi connectivity index (χ2v) is 5.11. The van der Waals surface area contributed by atoms with Crippen molar-refractivity contribution in [3.8, 4) is 0 Å². The first-order valence-electron chi connectivity index (χ1n) is 6.03. The first-order chi connectivity index (χ1) is 7.67. The summed E-state index contributed by atoms with van der Waals surface area (Å²) < 4.78 is 0. The molecule has 2 aliphatic rings. The van der Waals surface area contributed by atoms with Crippen LogP contribution >= 0.6 is 0 Å². The van der Waals surface area contributed by atoms with E-state index in [4.69, 9.17) is 0 Å². The molecule has 1 aromatic carbocycles. The Balaban J connectivity index is 2.20. The summed E-state index contributed by atoms with van der Waals surface area (Å²) in [5.74, 6) is 1.18. The molecular weight excluding hydrogens is 196 g/mol. The summed E-state index contributed by atoms with van der Waals surface area (Å²) in [4.78, 5) is 4.44. The number of anilines is 1. The van der Waals surface area contributed by atoms with Crippen molar-refractivity contribution in [3.63, 3.8) is 0 Å². The van der Waals surface area contributed by atoms with Crippen molar-refractivity contribution < 1.29 is 0 Å². The van der Waals surface area contributed by atoms with Gasteiger partial charge in [0.05, 0.1) is 5.41 Å². The van der Waals surface area contributed by atoms with Crippen LogP contribution in [0.25, 0.3) is 0 Å². The Morgan fingerprint density at radius 3 is 2.44 bits per heavy atom. The molecule has 1 saturated carbocycles. The first kappa shape index (κ1) is 9.88. The Kier molecular flexibility index (Phi) is 1.91. The van der Waals surface area contributed by atoms with Crippen LogP contribution in [0.3, 0.4) is 0 Å². The molecule has 1 aromatic rings. The predicted octanol–water partition coefficient (Wildman–Crippen LogP) is 3.18. The van der Waals surface area contributed by atoms with E-state index >= 15 is 0 Å². The number of amidine groups is 1. The van der Waals surface area contributed by atoms with Gasteiger partial charge < -0.3 is 5.32 Å². The van der Waals surface area contributed by atoms with E-state index in [-0.39, 0.29) is 5.41 Å². The van der Waals surface area contributed by atoms with E-state index < -0.39 is 0 Å². The molecule has 3 rings (SSSR count). The van der Waals surface area contributed by atoms with Gasteiger partial charge in [0.25, 0.3) is 0 Å². The quantitative estimate of drug-likeness (QED) is 0.704. The topological polar surface area (TPSA) is 24.4 Å². The predicted molar refractivity (Wildman–Crippen MR) is 68.4 cm³/mol. The monoisotopic (exact) mass is 214 g/mol. The molecule has 1 heterocycles. The summed E-state index contributed by atoms with van der Waals surface area (Å²) in [7, 11) is 1.90. The molecule has 0 radical (unpaired) electrons. The van der Waals surface area contributed by atoms with Crippen molar-refractivity contribution in [2.75, 3.05) is 12.4 Å². The van der Waals surface area contributed by atoms with E-state index in [1.54, 1.807) is 0 Å². The van der Waals surface area contributed by atoms with Crippen molar-refractivity contribution in [3.05, 3.63) is 28.8 Å². The Hall–Kier alpha value is -1.31. The van der Waals surface area contributed by atoms with E-state index in [9.17, 15) is 0 Å². The third-order valence-electron chi connectivity index (χ3n) is 4.29. The lowest BCUT2D eigenvalue weighted by Crippen LogP contribution is -2.41. The highest BCUT2D eigenvalue weighted by atomic mass is 15.1. The van der Waals surface area contributed by atoms with E-state index in [1.165, 1.54) is 47.5 Å². The number of hydrogen-bond donors (Lipinski definition) is 1. The lowest BCUT2D eigenvalue weighted by Gasteiger charge is -2.38. The van der Waals surface area contributed by atoms with Crippen LogP contribution in [-0.4, -0.2) is 12.9 Å². The maximum atomic E-state index is 4.44. The van der Waals surface area contributed by atoms with Gasteiger partial charge in [0.1, 0.15) is 5.84 Å². The molecule has 0 unspecified atom stereocenters. The van der Waals surface area contributed by atoms with Gasteiger partial charge in [-0.1, -0.05) is 12.5 Å². The van der Waals surface area contributed by atoms with Gasteiger partial charge in [0, 0.05) is 12.7 Å². The number of fused-ring (bicyclic) bond motifs is 2. The maximum absolute atomic E-state index is 4.44. The van der Waals surface area contributed by atoms with E-state index in [2.05, 4.69) is 36.3 Å². The Morgan fingerprint density at radius 2 is 1.88 bits per heavy atom. The Morgan fingerprint density at radius 1 is 1.19 bits per heavy atom. The van der Waals surface area contributed by atoms with Crippen molar-refractivity contribution >= 4 is 11.5 Å². The summed E-state index contributed by atoms with van der Waals surface area (Å²) in [5.41, 5.74) is 5.75. The third-order valence-corrected chi connectivity index (χ3v) is 4.29. The number of aliphatic imine (C=N–C) groups is 1. The molecule has 84 valence electrons. The molecule has 0 saturated heterocycles. The molecule has 2 heteroatoms. The zero-order valence-corrected chi connectivity index (χ0v) is 10.2. The lowest BCUT2D eigenvalue weighted by atomic mass is 9.64. The SMILES string of the molecule is CN=C1Nc2cc(C)c(C)cc2C12CCC2. The molecule has 1 fully saturated rings. The average Bonchev–Trinajstić information content (AvgIpc) is 2.52. The zero-order valence-electron chi connectivity index (χ0n) is 10.2. The fraction of sp³-hybridized carbons (Fsp3) is 0.500. The number of aryl methyl sites for hydroxylation is 2. The van der Waals surface area contributed by atoms with E-state index in [1.807, 2.05) is 7.05 Å². The summed E-state index contributed by atoms with van der Waals surface area (Å²) in [6.07, 6.45) is 3.83. The number of nitrogens with one attached hydrogen (secondary N) is 1.